The highest BCUT2D eigenvalue weighted by atomic mass is 32.2. The van der Waals surface area contributed by atoms with Crippen molar-refractivity contribution in [1.29, 1.82) is 0 Å². The number of sulfonamides is 1. The lowest BCUT2D eigenvalue weighted by Gasteiger charge is -2.15. The lowest BCUT2D eigenvalue weighted by molar-refractivity contribution is -0.138. The van der Waals surface area contributed by atoms with E-state index in [0.717, 1.165) is 23.9 Å². The third-order valence-corrected chi connectivity index (χ3v) is 6.85. The summed E-state index contributed by atoms with van der Waals surface area (Å²) >= 11 is 0. The van der Waals surface area contributed by atoms with Gasteiger partial charge in [0, 0.05) is 29.3 Å². The number of nitrogens with zero attached hydrogens (tertiary/aromatic N) is 1. The molecule has 0 aliphatic carbocycles. The highest BCUT2D eigenvalue weighted by molar-refractivity contribution is 7.89. The number of nitrogens with one attached hydrogen (secondary N) is 4. The number of aliphatic carboxylic acids is 1. The molecule has 188 valence electrons. The number of carbonyl (C=O) groups is 2. The molecule has 2 heterocycles. The lowest BCUT2D eigenvalue weighted by Crippen LogP contribution is -2.48. The molecule has 1 amide bonds. The number of carboxylic acid groups (broad SMARTS) is 1. The highest BCUT2D eigenvalue weighted by Gasteiger charge is 2.26. The molecule has 12 heteroatoms. The number of H-pyrrole nitrogens is 2. The van der Waals surface area contributed by atoms with Gasteiger partial charge in [0.05, 0.1) is 17.8 Å². The van der Waals surface area contributed by atoms with Crippen LogP contribution in [0.2, 0.25) is 0 Å². The van der Waals surface area contributed by atoms with Crippen LogP contribution >= 0.6 is 0 Å². The molecule has 0 radical (unpaired) electrons. The SMILES string of the molecule is O=C(NC[C@H](NS(=O)(=O)c1ccccc1)C(=O)O)c1cc2cc(OCCCc3cnc[nH]3)ccc2[nH]1. The third-order valence-electron chi connectivity index (χ3n) is 5.37. The maximum atomic E-state index is 12.6. The maximum absolute atomic E-state index is 12.6. The quantitative estimate of drug-likeness (QED) is 0.182. The fourth-order valence-electron chi connectivity index (χ4n) is 3.52. The van der Waals surface area contributed by atoms with Crippen molar-refractivity contribution in [1.82, 2.24) is 25.0 Å². The molecule has 0 fully saturated rings. The van der Waals surface area contributed by atoms with Gasteiger partial charge in [-0.1, -0.05) is 18.2 Å². The number of hydrogen-bond acceptors (Lipinski definition) is 6. The van der Waals surface area contributed by atoms with Crippen molar-refractivity contribution in [3.05, 3.63) is 78.5 Å². The first-order valence-electron chi connectivity index (χ1n) is 11.1. The fraction of sp³-hybridized carbons (Fsp3) is 0.208. The van der Waals surface area contributed by atoms with E-state index in [9.17, 15) is 23.1 Å². The third kappa shape index (κ3) is 6.29. The van der Waals surface area contributed by atoms with Gasteiger partial charge in [0.25, 0.3) is 5.91 Å². The second kappa shape index (κ2) is 11.1. The number of ether oxygens (including phenoxy) is 1. The minimum Gasteiger partial charge on any atom is -0.494 e. The number of carbonyl (C=O) groups excluding carboxylic acids is 1. The summed E-state index contributed by atoms with van der Waals surface area (Å²) in [5.74, 6) is -1.33. The number of imidazole rings is 1. The van der Waals surface area contributed by atoms with Crippen molar-refractivity contribution in [2.24, 2.45) is 0 Å². The van der Waals surface area contributed by atoms with Gasteiger partial charge in [0.1, 0.15) is 17.5 Å². The van der Waals surface area contributed by atoms with Crippen molar-refractivity contribution in [3.63, 3.8) is 0 Å². The summed E-state index contributed by atoms with van der Waals surface area (Å²) in [7, 11) is -4.07. The number of fused-ring (bicyclic) bond motifs is 1. The van der Waals surface area contributed by atoms with Gasteiger partial charge in [-0.05, 0) is 49.2 Å². The second-order valence-electron chi connectivity index (χ2n) is 8.00. The molecule has 2 aromatic carbocycles. The van der Waals surface area contributed by atoms with E-state index in [0.29, 0.717) is 17.9 Å². The first-order chi connectivity index (χ1) is 17.3. The van der Waals surface area contributed by atoms with E-state index < -0.39 is 34.5 Å². The second-order valence-corrected chi connectivity index (χ2v) is 9.71. The number of aromatic nitrogens is 3. The zero-order chi connectivity index (χ0) is 25.5. The summed E-state index contributed by atoms with van der Waals surface area (Å²) < 4.78 is 32.8. The fourth-order valence-corrected chi connectivity index (χ4v) is 4.73. The Bertz CT molecular complexity index is 1430. The molecule has 1 atom stereocenters. The summed E-state index contributed by atoms with van der Waals surface area (Å²) in [4.78, 5) is 34.2. The molecule has 4 aromatic rings. The number of benzene rings is 2. The molecule has 0 bridgehead atoms. The predicted octanol–water partition coefficient (Wildman–Crippen LogP) is 2.06. The monoisotopic (exact) mass is 511 g/mol. The first-order valence-corrected chi connectivity index (χ1v) is 12.6. The molecule has 0 saturated heterocycles. The molecule has 0 aliphatic rings. The van der Waals surface area contributed by atoms with Crippen molar-refractivity contribution in [3.8, 4) is 5.75 Å². The average molecular weight is 512 g/mol. The highest BCUT2D eigenvalue weighted by Crippen LogP contribution is 2.22. The smallest absolute Gasteiger partial charge is 0.323 e. The Balaban J connectivity index is 1.34. The van der Waals surface area contributed by atoms with E-state index in [1.54, 1.807) is 42.9 Å². The standard InChI is InChI=1S/C24H25N5O6S/c30-23(26-14-22(24(31)32)29-36(33,34)19-6-2-1-3-7-19)21-12-16-11-18(8-9-20(16)28-21)35-10-4-5-17-13-25-15-27-17/h1-3,6-9,11-13,15,22,28-29H,4-5,10,14H2,(H,25,27)(H,26,30)(H,31,32)/t22-/m0/s1. The number of hydrogen-bond donors (Lipinski definition) is 5. The van der Waals surface area contributed by atoms with Crippen molar-refractivity contribution < 1.29 is 27.9 Å². The van der Waals surface area contributed by atoms with Gasteiger partial charge in [-0.15, -0.1) is 0 Å². The van der Waals surface area contributed by atoms with Crippen LogP contribution in [0.1, 0.15) is 22.6 Å². The Kier molecular flexibility index (Phi) is 7.66. The maximum Gasteiger partial charge on any atom is 0.323 e. The van der Waals surface area contributed by atoms with Crippen molar-refractivity contribution >= 4 is 32.8 Å². The van der Waals surface area contributed by atoms with Crippen LogP contribution in [-0.4, -0.2) is 59.5 Å². The van der Waals surface area contributed by atoms with E-state index in [-0.39, 0.29) is 10.6 Å². The predicted molar refractivity (Wildman–Crippen MR) is 131 cm³/mol. The van der Waals surface area contributed by atoms with Crippen LogP contribution in [-0.2, 0) is 21.2 Å². The minimum atomic E-state index is -4.07. The molecule has 5 N–H and O–H groups in total. The summed E-state index contributed by atoms with van der Waals surface area (Å²) in [5.41, 5.74) is 1.94. The molecule has 0 unspecified atom stereocenters. The van der Waals surface area contributed by atoms with Crippen molar-refractivity contribution in [2.45, 2.75) is 23.8 Å². The van der Waals surface area contributed by atoms with Gasteiger partial charge in [-0.25, -0.2) is 13.4 Å². The van der Waals surface area contributed by atoms with Gasteiger partial charge >= 0.3 is 5.97 Å². The van der Waals surface area contributed by atoms with Crippen LogP contribution < -0.4 is 14.8 Å². The molecule has 36 heavy (non-hydrogen) atoms. The first kappa shape index (κ1) is 24.9. The molecule has 0 saturated carbocycles. The van der Waals surface area contributed by atoms with Gasteiger partial charge in [-0.2, -0.15) is 4.72 Å². The van der Waals surface area contributed by atoms with Crippen LogP contribution in [0.25, 0.3) is 10.9 Å². The Morgan fingerprint density at radius 1 is 1.11 bits per heavy atom. The zero-order valence-corrected chi connectivity index (χ0v) is 19.9. The summed E-state index contributed by atoms with van der Waals surface area (Å²) in [5, 5.41) is 12.7. The zero-order valence-electron chi connectivity index (χ0n) is 19.1. The summed E-state index contributed by atoms with van der Waals surface area (Å²) in [6.45, 7) is 0.0675. The van der Waals surface area contributed by atoms with Gasteiger partial charge in [-0.3, -0.25) is 9.59 Å². The topological polar surface area (TPSA) is 166 Å². The van der Waals surface area contributed by atoms with Gasteiger partial charge < -0.3 is 25.1 Å². The van der Waals surface area contributed by atoms with E-state index in [2.05, 4.69) is 25.0 Å². The number of aryl methyl sites for hydroxylation is 1. The largest absolute Gasteiger partial charge is 0.494 e. The lowest BCUT2D eigenvalue weighted by atomic mass is 10.2. The molecule has 4 rings (SSSR count). The van der Waals surface area contributed by atoms with Crippen LogP contribution in [0.4, 0.5) is 0 Å². The number of rotatable bonds is 12. The Morgan fingerprint density at radius 2 is 1.92 bits per heavy atom. The number of aromatic amines is 2. The molecular formula is C24H25N5O6S. The molecule has 0 aliphatic heterocycles. The Morgan fingerprint density at radius 3 is 2.64 bits per heavy atom. The van der Waals surface area contributed by atoms with Gasteiger partial charge in [0.15, 0.2) is 0 Å². The van der Waals surface area contributed by atoms with Crippen LogP contribution in [0, 0.1) is 0 Å². The average Bonchev–Trinajstić information content (AvgIpc) is 3.54. The van der Waals surface area contributed by atoms with E-state index >= 15 is 0 Å². The Labute approximate surface area is 207 Å². The van der Waals surface area contributed by atoms with E-state index in [1.165, 1.54) is 24.3 Å². The van der Waals surface area contributed by atoms with Crippen LogP contribution in [0.3, 0.4) is 0 Å². The normalized spacial score (nSPS) is 12.3. The molecule has 0 spiro atoms. The van der Waals surface area contributed by atoms with E-state index in [1.807, 2.05) is 0 Å². The number of carboxylic acids is 1. The van der Waals surface area contributed by atoms with Crippen LogP contribution in [0.15, 0.2) is 72.0 Å². The van der Waals surface area contributed by atoms with E-state index in [4.69, 9.17) is 4.74 Å². The minimum absolute atomic E-state index is 0.0717. The number of amides is 1. The van der Waals surface area contributed by atoms with Gasteiger partial charge in [0.2, 0.25) is 10.0 Å². The summed E-state index contributed by atoms with van der Waals surface area (Å²) in [6, 6.07) is 12.8. The molecule has 2 aromatic heterocycles. The molecule has 11 nitrogen and oxygen atoms in total. The van der Waals surface area contributed by atoms with Crippen molar-refractivity contribution in [2.75, 3.05) is 13.2 Å². The Hall–Kier alpha value is -4.16. The van der Waals surface area contributed by atoms with Crippen LogP contribution in [0.5, 0.6) is 5.75 Å². The summed E-state index contributed by atoms with van der Waals surface area (Å²) in [6.07, 6.45) is 5.03. The molecular weight excluding hydrogens is 486 g/mol.